The van der Waals surface area contributed by atoms with Crippen LogP contribution in [0.1, 0.15) is 32.4 Å². The first kappa shape index (κ1) is 12.0. The molecule has 0 spiro atoms. The zero-order chi connectivity index (χ0) is 11.4. The van der Waals surface area contributed by atoms with E-state index in [1.165, 1.54) is 6.07 Å². The highest BCUT2D eigenvalue weighted by atomic mass is 19.1. The third-order valence-corrected chi connectivity index (χ3v) is 2.05. The van der Waals surface area contributed by atoms with Gasteiger partial charge in [-0.2, -0.15) is 0 Å². The van der Waals surface area contributed by atoms with Crippen molar-refractivity contribution in [1.29, 1.82) is 0 Å². The number of ether oxygens (including phenoxy) is 1. The molecule has 0 bridgehead atoms. The Morgan fingerprint density at radius 1 is 1.33 bits per heavy atom. The van der Waals surface area contributed by atoms with Gasteiger partial charge < -0.3 is 10.5 Å². The summed E-state index contributed by atoms with van der Waals surface area (Å²) in [6.07, 6.45) is 0. The van der Waals surface area contributed by atoms with Crippen molar-refractivity contribution in [3.05, 3.63) is 29.6 Å². The first-order valence-electron chi connectivity index (χ1n) is 5.19. The predicted molar refractivity (Wildman–Crippen MR) is 59.3 cm³/mol. The van der Waals surface area contributed by atoms with Gasteiger partial charge in [0.15, 0.2) is 11.6 Å². The highest BCUT2D eigenvalue weighted by Gasteiger charge is 2.13. The van der Waals surface area contributed by atoms with Crippen molar-refractivity contribution in [3.63, 3.8) is 0 Å². The van der Waals surface area contributed by atoms with Crippen molar-refractivity contribution in [2.75, 3.05) is 6.61 Å². The van der Waals surface area contributed by atoms with E-state index in [0.29, 0.717) is 18.3 Å². The lowest BCUT2D eigenvalue weighted by Gasteiger charge is -2.15. The van der Waals surface area contributed by atoms with E-state index in [-0.39, 0.29) is 11.9 Å². The SMILES string of the molecule is CC(C)COc1c(F)cccc1[C@H](C)N. The molecule has 1 atom stereocenters. The maximum atomic E-state index is 13.5. The second-order valence-corrected chi connectivity index (χ2v) is 4.15. The van der Waals surface area contributed by atoms with Crippen LogP contribution < -0.4 is 10.5 Å². The molecule has 1 rings (SSSR count). The summed E-state index contributed by atoms with van der Waals surface area (Å²) in [6.45, 7) is 6.36. The third-order valence-electron chi connectivity index (χ3n) is 2.05. The predicted octanol–water partition coefficient (Wildman–Crippen LogP) is 2.88. The third kappa shape index (κ3) is 3.20. The number of halogens is 1. The van der Waals surface area contributed by atoms with Gasteiger partial charge in [-0.3, -0.25) is 0 Å². The van der Waals surface area contributed by atoms with Crippen molar-refractivity contribution in [1.82, 2.24) is 0 Å². The summed E-state index contributed by atoms with van der Waals surface area (Å²) in [5.41, 5.74) is 6.46. The molecule has 1 aromatic rings. The van der Waals surface area contributed by atoms with Crippen LogP contribution in [0, 0.1) is 11.7 Å². The average molecular weight is 211 g/mol. The molecule has 0 aliphatic rings. The normalized spacial score (nSPS) is 12.9. The monoisotopic (exact) mass is 211 g/mol. The maximum Gasteiger partial charge on any atom is 0.165 e. The van der Waals surface area contributed by atoms with Gasteiger partial charge in [0.2, 0.25) is 0 Å². The van der Waals surface area contributed by atoms with Crippen LogP contribution in [0.15, 0.2) is 18.2 Å². The van der Waals surface area contributed by atoms with Crippen LogP contribution in [-0.4, -0.2) is 6.61 Å². The molecule has 0 unspecified atom stereocenters. The van der Waals surface area contributed by atoms with Crippen LogP contribution >= 0.6 is 0 Å². The minimum atomic E-state index is -0.342. The zero-order valence-electron chi connectivity index (χ0n) is 9.46. The van der Waals surface area contributed by atoms with Gasteiger partial charge in [-0.25, -0.2) is 4.39 Å². The summed E-state index contributed by atoms with van der Waals surface area (Å²) in [6, 6.07) is 4.61. The van der Waals surface area contributed by atoms with Gasteiger partial charge in [-0.05, 0) is 18.9 Å². The maximum absolute atomic E-state index is 13.5. The number of benzene rings is 1. The topological polar surface area (TPSA) is 35.2 Å². The Morgan fingerprint density at radius 2 is 2.00 bits per heavy atom. The molecular formula is C12H18FNO. The molecule has 0 amide bonds. The molecule has 2 nitrogen and oxygen atoms in total. The number of hydrogen-bond acceptors (Lipinski definition) is 2. The summed E-state index contributed by atoms with van der Waals surface area (Å²) >= 11 is 0. The Morgan fingerprint density at radius 3 is 2.53 bits per heavy atom. The highest BCUT2D eigenvalue weighted by molar-refractivity contribution is 5.36. The number of nitrogens with two attached hydrogens (primary N) is 1. The lowest BCUT2D eigenvalue weighted by Crippen LogP contribution is -2.12. The second kappa shape index (κ2) is 5.12. The molecule has 0 saturated heterocycles. The van der Waals surface area contributed by atoms with E-state index in [2.05, 4.69) is 0 Å². The Bertz CT molecular complexity index is 323. The van der Waals surface area contributed by atoms with Gasteiger partial charge in [0.05, 0.1) is 6.61 Å². The van der Waals surface area contributed by atoms with E-state index >= 15 is 0 Å². The molecular weight excluding hydrogens is 193 g/mol. The fraction of sp³-hybridized carbons (Fsp3) is 0.500. The molecule has 0 saturated carbocycles. The first-order valence-corrected chi connectivity index (χ1v) is 5.19. The largest absolute Gasteiger partial charge is 0.490 e. The molecule has 1 aromatic carbocycles. The van der Waals surface area contributed by atoms with Crippen LogP contribution in [-0.2, 0) is 0 Å². The zero-order valence-corrected chi connectivity index (χ0v) is 9.46. The molecule has 2 N–H and O–H groups in total. The Labute approximate surface area is 90.2 Å². The first-order chi connectivity index (χ1) is 7.02. The molecule has 0 radical (unpaired) electrons. The summed E-state index contributed by atoms with van der Waals surface area (Å²) in [7, 11) is 0. The van der Waals surface area contributed by atoms with Crippen LogP contribution in [0.3, 0.4) is 0 Å². The van der Waals surface area contributed by atoms with E-state index in [0.717, 1.165) is 5.56 Å². The van der Waals surface area contributed by atoms with Gasteiger partial charge in [-0.15, -0.1) is 0 Å². The lowest BCUT2D eigenvalue weighted by atomic mass is 10.1. The molecule has 0 fully saturated rings. The fourth-order valence-electron chi connectivity index (χ4n) is 1.29. The van der Waals surface area contributed by atoms with Gasteiger partial charge in [0.25, 0.3) is 0 Å². The molecule has 15 heavy (non-hydrogen) atoms. The Hall–Kier alpha value is -1.09. The van der Waals surface area contributed by atoms with Crippen molar-refractivity contribution < 1.29 is 9.13 Å². The van der Waals surface area contributed by atoms with Crippen molar-refractivity contribution >= 4 is 0 Å². The highest BCUT2D eigenvalue weighted by Crippen LogP contribution is 2.27. The van der Waals surface area contributed by atoms with Gasteiger partial charge in [0, 0.05) is 11.6 Å². The van der Waals surface area contributed by atoms with Gasteiger partial charge in [0.1, 0.15) is 0 Å². The molecule has 0 aliphatic carbocycles. The van der Waals surface area contributed by atoms with Crippen molar-refractivity contribution in [2.45, 2.75) is 26.8 Å². The van der Waals surface area contributed by atoms with E-state index in [9.17, 15) is 4.39 Å². The lowest BCUT2D eigenvalue weighted by molar-refractivity contribution is 0.255. The Balaban J connectivity index is 2.92. The van der Waals surface area contributed by atoms with E-state index in [1.54, 1.807) is 12.1 Å². The smallest absolute Gasteiger partial charge is 0.165 e. The minimum absolute atomic E-state index is 0.220. The second-order valence-electron chi connectivity index (χ2n) is 4.15. The van der Waals surface area contributed by atoms with Crippen molar-refractivity contribution in [3.8, 4) is 5.75 Å². The number of para-hydroxylation sites is 1. The number of rotatable bonds is 4. The van der Waals surface area contributed by atoms with Crippen LogP contribution in [0.5, 0.6) is 5.75 Å². The molecule has 0 heterocycles. The number of hydrogen-bond donors (Lipinski definition) is 1. The standard InChI is InChI=1S/C12H18FNO/c1-8(2)7-15-12-10(9(3)14)5-4-6-11(12)13/h4-6,8-9H,7,14H2,1-3H3/t9-/m0/s1. The van der Waals surface area contributed by atoms with Crippen LogP contribution in [0.4, 0.5) is 4.39 Å². The van der Waals surface area contributed by atoms with E-state index < -0.39 is 0 Å². The van der Waals surface area contributed by atoms with Crippen LogP contribution in [0.2, 0.25) is 0 Å². The summed E-state index contributed by atoms with van der Waals surface area (Å²) in [5, 5.41) is 0. The van der Waals surface area contributed by atoms with E-state index in [1.807, 2.05) is 20.8 Å². The molecule has 0 aromatic heterocycles. The average Bonchev–Trinajstić information content (AvgIpc) is 2.15. The molecule has 0 aliphatic heterocycles. The van der Waals surface area contributed by atoms with Crippen LogP contribution in [0.25, 0.3) is 0 Å². The fourth-order valence-corrected chi connectivity index (χ4v) is 1.29. The van der Waals surface area contributed by atoms with Crippen molar-refractivity contribution in [2.24, 2.45) is 11.7 Å². The minimum Gasteiger partial charge on any atom is -0.490 e. The van der Waals surface area contributed by atoms with Gasteiger partial charge in [-0.1, -0.05) is 26.0 Å². The van der Waals surface area contributed by atoms with E-state index in [4.69, 9.17) is 10.5 Å². The summed E-state index contributed by atoms with van der Waals surface area (Å²) in [4.78, 5) is 0. The molecule has 84 valence electrons. The summed E-state index contributed by atoms with van der Waals surface area (Å²) in [5.74, 6) is 0.317. The molecule has 3 heteroatoms. The quantitative estimate of drug-likeness (QED) is 0.831. The van der Waals surface area contributed by atoms with Gasteiger partial charge >= 0.3 is 0 Å². The summed E-state index contributed by atoms with van der Waals surface area (Å²) < 4.78 is 18.9. The Kier molecular flexibility index (Phi) is 4.09.